The van der Waals surface area contributed by atoms with Gasteiger partial charge in [-0.2, -0.15) is 8.42 Å². The van der Waals surface area contributed by atoms with Crippen molar-refractivity contribution in [3.05, 3.63) is 53.1 Å². The third-order valence-electron chi connectivity index (χ3n) is 3.29. The van der Waals surface area contributed by atoms with Gasteiger partial charge in [0.15, 0.2) is 0 Å². The van der Waals surface area contributed by atoms with Crippen LogP contribution in [0.3, 0.4) is 0 Å². The minimum absolute atomic E-state index is 0.136. The summed E-state index contributed by atoms with van der Waals surface area (Å²) in [6.45, 7) is 5.51. The van der Waals surface area contributed by atoms with Crippen LogP contribution in [0.5, 0.6) is 5.75 Å². The fraction of sp³-hybridized carbons (Fsp3) is 0.200. The van der Waals surface area contributed by atoms with Gasteiger partial charge in [0, 0.05) is 5.69 Å². The van der Waals surface area contributed by atoms with Gasteiger partial charge in [0.2, 0.25) is 0 Å². The van der Waals surface area contributed by atoms with E-state index in [-0.39, 0.29) is 4.90 Å². The fourth-order valence-corrected chi connectivity index (χ4v) is 2.76. The Morgan fingerprint density at radius 2 is 1.50 bits per heavy atom. The molecule has 20 heavy (non-hydrogen) atoms. The quantitative estimate of drug-likeness (QED) is 0.697. The van der Waals surface area contributed by atoms with E-state index in [2.05, 4.69) is 0 Å². The fourth-order valence-electron chi connectivity index (χ4n) is 1.78. The highest BCUT2D eigenvalue weighted by molar-refractivity contribution is 7.87. The molecular weight excluding hydrogens is 274 g/mol. The van der Waals surface area contributed by atoms with E-state index in [9.17, 15) is 8.42 Å². The van der Waals surface area contributed by atoms with Gasteiger partial charge in [-0.15, -0.1) is 0 Å². The van der Waals surface area contributed by atoms with Crippen molar-refractivity contribution in [2.24, 2.45) is 0 Å². The van der Waals surface area contributed by atoms with Crippen LogP contribution in [0.4, 0.5) is 5.69 Å². The van der Waals surface area contributed by atoms with E-state index in [0.29, 0.717) is 11.4 Å². The molecule has 0 heterocycles. The molecule has 0 unspecified atom stereocenters. The molecule has 0 saturated heterocycles. The van der Waals surface area contributed by atoms with Crippen LogP contribution in [0.2, 0.25) is 0 Å². The Balaban J connectivity index is 2.38. The molecule has 106 valence electrons. The van der Waals surface area contributed by atoms with E-state index < -0.39 is 10.1 Å². The van der Waals surface area contributed by atoms with E-state index in [1.165, 1.54) is 12.1 Å². The molecule has 0 bridgehead atoms. The Kier molecular flexibility index (Phi) is 3.72. The van der Waals surface area contributed by atoms with Crippen LogP contribution in [0.25, 0.3) is 0 Å². The number of benzene rings is 2. The highest BCUT2D eigenvalue weighted by Crippen LogP contribution is 2.28. The molecule has 2 aromatic carbocycles. The molecule has 0 atom stereocenters. The number of nitrogens with two attached hydrogens (primary N) is 1. The van der Waals surface area contributed by atoms with E-state index in [1.54, 1.807) is 31.2 Å². The van der Waals surface area contributed by atoms with Crippen molar-refractivity contribution in [1.82, 2.24) is 0 Å². The van der Waals surface area contributed by atoms with Crippen LogP contribution < -0.4 is 9.92 Å². The first-order valence-electron chi connectivity index (χ1n) is 6.18. The summed E-state index contributed by atoms with van der Waals surface area (Å²) in [7, 11) is -3.82. The van der Waals surface area contributed by atoms with Crippen molar-refractivity contribution < 1.29 is 12.6 Å². The van der Waals surface area contributed by atoms with Gasteiger partial charge in [-0.25, -0.2) is 0 Å². The molecule has 0 fully saturated rings. The molecule has 0 spiro atoms. The molecular formula is C15H17NO3S. The standard InChI is InChI=1S/C15H17NO3S/c1-10-4-6-13(7-5-10)20(17,18)19-15-9-8-14(16)11(2)12(15)3/h4-9H,16H2,1-3H3. The van der Waals surface area contributed by atoms with Crippen LogP contribution in [0.15, 0.2) is 41.3 Å². The van der Waals surface area contributed by atoms with E-state index in [4.69, 9.17) is 9.92 Å². The average molecular weight is 291 g/mol. The summed E-state index contributed by atoms with van der Waals surface area (Å²) in [5, 5.41) is 0. The summed E-state index contributed by atoms with van der Waals surface area (Å²) in [4.78, 5) is 0.136. The Morgan fingerprint density at radius 3 is 2.10 bits per heavy atom. The van der Waals surface area contributed by atoms with E-state index >= 15 is 0 Å². The lowest BCUT2D eigenvalue weighted by molar-refractivity contribution is 0.484. The van der Waals surface area contributed by atoms with Crippen molar-refractivity contribution in [2.75, 3.05) is 5.73 Å². The summed E-state index contributed by atoms with van der Waals surface area (Å²) < 4.78 is 29.6. The Labute approximate surface area is 119 Å². The van der Waals surface area contributed by atoms with Gasteiger partial charge in [0.1, 0.15) is 10.6 Å². The van der Waals surface area contributed by atoms with Crippen molar-refractivity contribution in [1.29, 1.82) is 0 Å². The normalized spacial score (nSPS) is 11.3. The third kappa shape index (κ3) is 2.77. The summed E-state index contributed by atoms with van der Waals surface area (Å²) in [6, 6.07) is 9.74. The summed E-state index contributed by atoms with van der Waals surface area (Å²) in [5.74, 6) is 0.303. The second kappa shape index (κ2) is 5.17. The maximum absolute atomic E-state index is 12.2. The average Bonchev–Trinajstić information content (AvgIpc) is 2.40. The van der Waals surface area contributed by atoms with Gasteiger partial charge < -0.3 is 9.92 Å². The SMILES string of the molecule is Cc1ccc(S(=O)(=O)Oc2ccc(N)c(C)c2C)cc1. The highest BCUT2D eigenvalue weighted by atomic mass is 32.2. The number of nitrogen functional groups attached to an aromatic ring is 1. The first-order valence-corrected chi connectivity index (χ1v) is 7.59. The van der Waals surface area contributed by atoms with Crippen molar-refractivity contribution >= 4 is 15.8 Å². The van der Waals surface area contributed by atoms with Gasteiger partial charge >= 0.3 is 10.1 Å². The second-order valence-electron chi connectivity index (χ2n) is 4.75. The number of anilines is 1. The zero-order valence-electron chi connectivity index (χ0n) is 11.7. The van der Waals surface area contributed by atoms with Gasteiger partial charge in [-0.1, -0.05) is 17.7 Å². The smallest absolute Gasteiger partial charge is 0.339 e. The Bertz CT molecular complexity index is 734. The predicted molar refractivity (Wildman–Crippen MR) is 79.3 cm³/mol. The van der Waals surface area contributed by atoms with Crippen molar-refractivity contribution in [2.45, 2.75) is 25.7 Å². The molecule has 2 aromatic rings. The topological polar surface area (TPSA) is 69.4 Å². The number of hydrogen-bond donors (Lipinski definition) is 1. The van der Waals surface area contributed by atoms with Crippen LogP contribution in [0, 0.1) is 20.8 Å². The lowest BCUT2D eigenvalue weighted by Gasteiger charge is -2.12. The summed E-state index contributed by atoms with van der Waals surface area (Å²) in [6.07, 6.45) is 0. The molecule has 0 saturated carbocycles. The Hall–Kier alpha value is -2.01. The van der Waals surface area contributed by atoms with Crippen molar-refractivity contribution in [3.63, 3.8) is 0 Å². The van der Waals surface area contributed by atoms with Gasteiger partial charge in [0.05, 0.1) is 0 Å². The molecule has 0 aliphatic carbocycles. The van der Waals surface area contributed by atoms with Crippen LogP contribution in [-0.4, -0.2) is 8.42 Å². The Morgan fingerprint density at radius 1 is 0.900 bits per heavy atom. The zero-order valence-corrected chi connectivity index (χ0v) is 12.5. The highest BCUT2D eigenvalue weighted by Gasteiger charge is 2.18. The lowest BCUT2D eigenvalue weighted by Crippen LogP contribution is -2.11. The minimum Gasteiger partial charge on any atom is -0.399 e. The minimum atomic E-state index is -3.82. The first-order chi connectivity index (χ1) is 9.31. The molecule has 0 radical (unpaired) electrons. The van der Waals surface area contributed by atoms with Crippen LogP contribution in [-0.2, 0) is 10.1 Å². The molecule has 2 N–H and O–H groups in total. The zero-order chi connectivity index (χ0) is 14.9. The molecule has 2 rings (SSSR count). The van der Waals surface area contributed by atoms with Gasteiger partial charge in [-0.05, 0) is 56.2 Å². The van der Waals surface area contributed by atoms with Gasteiger partial charge in [0.25, 0.3) is 0 Å². The predicted octanol–water partition coefficient (Wildman–Crippen LogP) is 2.96. The number of rotatable bonds is 3. The largest absolute Gasteiger partial charge is 0.399 e. The third-order valence-corrected chi connectivity index (χ3v) is 4.54. The van der Waals surface area contributed by atoms with E-state index in [1.807, 2.05) is 13.8 Å². The molecule has 4 nitrogen and oxygen atoms in total. The van der Waals surface area contributed by atoms with Crippen LogP contribution in [0.1, 0.15) is 16.7 Å². The maximum Gasteiger partial charge on any atom is 0.339 e. The molecule has 0 amide bonds. The number of hydrogen-bond acceptors (Lipinski definition) is 4. The van der Waals surface area contributed by atoms with Crippen LogP contribution >= 0.6 is 0 Å². The lowest BCUT2D eigenvalue weighted by atomic mass is 10.1. The molecule has 0 aliphatic heterocycles. The summed E-state index contributed by atoms with van der Waals surface area (Å²) >= 11 is 0. The number of aryl methyl sites for hydroxylation is 1. The first kappa shape index (κ1) is 14.4. The summed E-state index contributed by atoms with van der Waals surface area (Å²) in [5.41, 5.74) is 8.92. The monoisotopic (exact) mass is 291 g/mol. The molecule has 0 aromatic heterocycles. The maximum atomic E-state index is 12.2. The van der Waals surface area contributed by atoms with Gasteiger partial charge in [-0.3, -0.25) is 0 Å². The second-order valence-corrected chi connectivity index (χ2v) is 6.30. The molecule has 5 heteroatoms. The van der Waals surface area contributed by atoms with E-state index in [0.717, 1.165) is 16.7 Å². The van der Waals surface area contributed by atoms with Crippen molar-refractivity contribution in [3.8, 4) is 5.75 Å². The molecule has 0 aliphatic rings.